The molecule has 0 amide bonds. The molecule has 5 heteroatoms. The van der Waals surface area contributed by atoms with Crippen molar-refractivity contribution in [2.45, 2.75) is 25.4 Å². The van der Waals surface area contributed by atoms with Gasteiger partial charge in [-0.15, -0.1) is 24.8 Å². The lowest BCUT2D eigenvalue weighted by molar-refractivity contribution is 0.156. The summed E-state index contributed by atoms with van der Waals surface area (Å²) in [6.45, 7) is 5.48. The maximum atomic E-state index is 3.53. The van der Waals surface area contributed by atoms with Gasteiger partial charge >= 0.3 is 0 Å². The molecule has 142 valence electrons. The van der Waals surface area contributed by atoms with E-state index in [4.69, 9.17) is 0 Å². The predicted octanol–water partition coefficient (Wildman–Crippen LogP) is 4.50. The Bertz CT molecular complexity index is 638. The Hall–Kier alpha value is -1.26. The molecule has 1 aliphatic heterocycles. The zero-order valence-electron chi connectivity index (χ0n) is 15.1. The Morgan fingerprint density at radius 2 is 1.58 bits per heavy atom. The summed E-state index contributed by atoms with van der Waals surface area (Å²) < 4.78 is 0. The summed E-state index contributed by atoms with van der Waals surface area (Å²) in [6.07, 6.45) is 2.78. The zero-order valence-corrected chi connectivity index (χ0v) is 16.7. The number of hydrogen-bond donors (Lipinski definition) is 2. The van der Waals surface area contributed by atoms with Crippen molar-refractivity contribution in [2.24, 2.45) is 5.92 Å². The van der Waals surface area contributed by atoms with Crippen molar-refractivity contribution in [1.29, 1.82) is 0 Å². The highest BCUT2D eigenvalue weighted by Crippen LogP contribution is 2.44. The van der Waals surface area contributed by atoms with Crippen LogP contribution in [-0.2, 0) is 6.54 Å². The number of rotatable bonds is 6. The molecule has 2 aromatic carbocycles. The Morgan fingerprint density at radius 3 is 2.19 bits per heavy atom. The van der Waals surface area contributed by atoms with Crippen LogP contribution in [0.25, 0.3) is 0 Å². The van der Waals surface area contributed by atoms with Crippen molar-refractivity contribution in [1.82, 2.24) is 10.2 Å². The lowest BCUT2D eigenvalue weighted by Gasteiger charge is -2.35. The van der Waals surface area contributed by atoms with Crippen LogP contribution in [0.3, 0.4) is 0 Å². The lowest BCUT2D eigenvalue weighted by atomic mass is 9.99. The molecule has 0 radical (unpaired) electrons. The van der Waals surface area contributed by atoms with Crippen LogP contribution >= 0.6 is 24.8 Å². The van der Waals surface area contributed by atoms with Gasteiger partial charge in [-0.25, -0.2) is 0 Å². The summed E-state index contributed by atoms with van der Waals surface area (Å²) in [5.41, 5.74) is 4.01. The monoisotopic (exact) mass is 393 g/mol. The summed E-state index contributed by atoms with van der Waals surface area (Å²) in [5.74, 6) is 0.867. The van der Waals surface area contributed by atoms with E-state index in [2.05, 4.69) is 70.1 Å². The number of anilines is 1. The highest BCUT2D eigenvalue weighted by atomic mass is 35.5. The van der Waals surface area contributed by atoms with Crippen molar-refractivity contribution in [3.8, 4) is 0 Å². The molecule has 1 heterocycles. The third-order valence-corrected chi connectivity index (χ3v) is 5.21. The molecule has 1 saturated heterocycles. The first-order valence-electron chi connectivity index (χ1n) is 9.23. The average Bonchev–Trinajstić information content (AvgIpc) is 3.48. The molecule has 4 rings (SSSR count). The maximum Gasteiger partial charge on any atom is 0.0400 e. The number of nitrogens with zero attached hydrogens (tertiary/aromatic N) is 1. The first-order valence-corrected chi connectivity index (χ1v) is 9.23. The van der Waals surface area contributed by atoms with E-state index in [9.17, 15) is 0 Å². The first-order chi connectivity index (χ1) is 11.9. The number of hydrogen-bond acceptors (Lipinski definition) is 3. The molecule has 2 aliphatic rings. The molecule has 0 bridgehead atoms. The van der Waals surface area contributed by atoms with Crippen LogP contribution < -0.4 is 10.6 Å². The first kappa shape index (κ1) is 21.0. The minimum absolute atomic E-state index is 0. The Morgan fingerprint density at radius 1 is 0.923 bits per heavy atom. The summed E-state index contributed by atoms with van der Waals surface area (Å²) in [7, 11) is 0. The normalized spacial score (nSPS) is 18.3. The van der Waals surface area contributed by atoms with Gasteiger partial charge in [0, 0.05) is 44.5 Å². The van der Waals surface area contributed by atoms with Gasteiger partial charge in [0.25, 0.3) is 0 Å². The topological polar surface area (TPSA) is 27.3 Å². The van der Waals surface area contributed by atoms with E-state index in [-0.39, 0.29) is 24.8 Å². The second kappa shape index (κ2) is 10.2. The summed E-state index contributed by atoms with van der Waals surface area (Å²) >= 11 is 0. The van der Waals surface area contributed by atoms with E-state index in [0.29, 0.717) is 6.04 Å². The highest BCUT2D eigenvalue weighted by molar-refractivity contribution is 5.85. The van der Waals surface area contributed by atoms with Crippen LogP contribution in [0, 0.1) is 5.92 Å². The van der Waals surface area contributed by atoms with Gasteiger partial charge in [0.15, 0.2) is 0 Å². The quantitative estimate of drug-likeness (QED) is 0.756. The van der Waals surface area contributed by atoms with Gasteiger partial charge in [-0.1, -0.05) is 42.5 Å². The molecule has 0 spiro atoms. The van der Waals surface area contributed by atoms with E-state index in [1.54, 1.807) is 0 Å². The van der Waals surface area contributed by atoms with Gasteiger partial charge in [-0.3, -0.25) is 4.90 Å². The average molecular weight is 394 g/mol. The predicted molar refractivity (Wildman–Crippen MR) is 115 cm³/mol. The molecule has 1 atom stereocenters. The molecule has 1 aliphatic carbocycles. The molecule has 2 N–H and O–H groups in total. The molecule has 1 saturated carbocycles. The summed E-state index contributed by atoms with van der Waals surface area (Å²) in [5, 5.41) is 7.00. The molecule has 26 heavy (non-hydrogen) atoms. The van der Waals surface area contributed by atoms with Crippen LogP contribution in [0.15, 0.2) is 54.6 Å². The van der Waals surface area contributed by atoms with Crippen molar-refractivity contribution in [3.63, 3.8) is 0 Å². The van der Waals surface area contributed by atoms with Crippen LogP contribution in [0.2, 0.25) is 0 Å². The van der Waals surface area contributed by atoms with E-state index in [0.717, 1.165) is 25.6 Å². The van der Waals surface area contributed by atoms with E-state index < -0.39 is 0 Å². The van der Waals surface area contributed by atoms with Gasteiger partial charge in [-0.2, -0.15) is 0 Å². The van der Waals surface area contributed by atoms with Crippen molar-refractivity contribution >= 4 is 30.5 Å². The third kappa shape index (κ3) is 5.37. The van der Waals surface area contributed by atoms with E-state index >= 15 is 0 Å². The Kier molecular flexibility index (Phi) is 8.23. The molecule has 0 aromatic heterocycles. The maximum absolute atomic E-state index is 3.53. The standard InChI is InChI=1S/C21H27N3.2ClH/c1-2-4-17(5-3-1)16-23-20-10-8-19(9-11-20)21(18-6-7-18)24-14-12-22-13-15-24;;/h1-5,8-11,18,21-23H,6-7,12-16H2;2*1H/t21-;;/m1../s1. The SMILES string of the molecule is Cl.Cl.c1ccc(CNc2ccc([C@@H](C3CC3)N3CCNCC3)cc2)cc1. The Labute approximate surface area is 169 Å². The van der Waals surface area contributed by atoms with Crippen LogP contribution in [-0.4, -0.2) is 31.1 Å². The molecular weight excluding hydrogens is 365 g/mol. The third-order valence-electron chi connectivity index (χ3n) is 5.21. The van der Waals surface area contributed by atoms with Crippen molar-refractivity contribution in [3.05, 3.63) is 65.7 Å². The lowest BCUT2D eigenvalue weighted by Crippen LogP contribution is -2.45. The second-order valence-corrected chi connectivity index (χ2v) is 7.03. The summed E-state index contributed by atoms with van der Waals surface area (Å²) in [6, 6.07) is 20.3. The van der Waals surface area contributed by atoms with Crippen molar-refractivity contribution in [2.75, 3.05) is 31.5 Å². The van der Waals surface area contributed by atoms with E-state index in [1.807, 2.05) is 0 Å². The van der Waals surface area contributed by atoms with Crippen LogP contribution in [0.5, 0.6) is 0 Å². The molecule has 0 unspecified atom stereocenters. The van der Waals surface area contributed by atoms with Gasteiger partial charge in [0.05, 0.1) is 0 Å². The van der Waals surface area contributed by atoms with Gasteiger partial charge in [0.2, 0.25) is 0 Å². The smallest absolute Gasteiger partial charge is 0.0400 e. The fourth-order valence-corrected chi connectivity index (χ4v) is 3.75. The molecule has 2 aromatic rings. The summed E-state index contributed by atoms with van der Waals surface area (Å²) in [4.78, 5) is 2.68. The number of halogens is 2. The Balaban J connectivity index is 0.00000121. The second-order valence-electron chi connectivity index (χ2n) is 7.03. The number of piperazine rings is 1. The van der Waals surface area contributed by atoms with Crippen LogP contribution in [0.1, 0.15) is 30.0 Å². The number of nitrogens with one attached hydrogen (secondary N) is 2. The highest BCUT2D eigenvalue weighted by Gasteiger charge is 2.36. The fourth-order valence-electron chi connectivity index (χ4n) is 3.75. The van der Waals surface area contributed by atoms with Gasteiger partial charge in [-0.05, 0) is 42.0 Å². The minimum atomic E-state index is 0. The largest absolute Gasteiger partial charge is 0.381 e. The fraction of sp³-hybridized carbons (Fsp3) is 0.429. The molecule has 2 fully saturated rings. The van der Waals surface area contributed by atoms with Gasteiger partial charge < -0.3 is 10.6 Å². The molecule has 3 nitrogen and oxygen atoms in total. The number of benzene rings is 2. The minimum Gasteiger partial charge on any atom is -0.381 e. The van der Waals surface area contributed by atoms with Crippen LogP contribution in [0.4, 0.5) is 5.69 Å². The van der Waals surface area contributed by atoms with E-state index in [1.165, 1.54) is 42.7 Å². The molecular formula is C21H29Cl2N3. The van der Waals surface area contributed by atoms with Gasteiger partial charge in [0.1, 0.15) is 0 Å². The zero-order chi connectivity index (χ0) is 16.2. The van der Waals surface area contributed by atoms with Crippen molar-refractivity contribution < 1.29 is 0 Å².